The van der Waals surface area contributed by atoms with Gasteiger partial charge in [-0.3, -0.25) is 14.5 Å². The zero-order chi connectivity index (χ0) is 17.6. The Labute approximate surface area is 139 Å². The molecule has 1 atom stereocenters. The number of anilines is 1. The van der Waals surface area contributed by atoms with E-state index < -0.39 is 6.29 Å². The highest BCUT2D eigenvalue weighted by Crippen LogP contribution is 2.36. The van der Waals surface area contributed by atoms with Crippen LogP contribution < -0.4 is 5.32 Å². The first-order valence-corrected chi connectivity index (χ1v) is 7.81. The van der Waals surface area contributed by atoms with Crippen molar-refractivity contribution in [2.24, 2.45) is 5.92 Å². The summed E-state index contributed by atoms with van der Waals surface area (Å²) in [5.74, 6) is -0.978. The van der Waals surface area contributed by atoms with Gasteiger partial charge in [0.15, 0.2) is 6.29 Å². The monoisotopic (exact) mass is 328 g/mol. The molecule has 0 saturated heterocycles. The number of benzene rings is 2. The lowest BCUT2D eigenvalue weighted by molar-refractivity contribution is -0.0745. The molecule has 24 heavy (non-hydrogen) atoms. The topological polar surface area (TPSA) is 89.9 Å². The molecule has 0 aromatic heterocycles. The minimum atomic E-state index is -1.41. The van der Waals surface area contributed by atoms with Gasteiger partial charge in [-0.05, 0) is 24.6 Å². The van der Waals surface area contributed by atoms with E-state index in [9.17, 15) is 19.8 Å². The van der Waals surface area contributed by atoms with Crippen LogP contribution in [0.4, 0.5) is 5.69 Å². The van der Waals surface area contributed by atoms with Crippen LogP contribution in [0.5, 0.6) is 0 Å². The molecule has 0 radical (unpaired) electrons. The van der Waals surface area contributed by atoms with Crippen molar-refractivity contribution in [1.29, 1.82) is 0 Å². The predicted molar refractivity (Wildman–Crippen MR) is 91.0 cm³/mol. The maximum Gasteiger partial charge on any atom is 0.261 e. The number of amides is 2. The highest BCUT2D eigenvalue weighted by Gasteiger charge is 2.31. The molecule has 1 unspecified atom stereocenters. The minimum absolute atomic E-state index is 0.308. The van der Waals surface area contributed by atoms with Crippen LogP contribution in [-0.2, 0) is 0 Å². The van der Waals surface area contributed by atoms with Gasteiger partial charge in [0.25, 0.3) is 11.8 Å². The second-order valence-electron chi connectivity index (χ2n) is 6.29. The fourth-order valence-corrected chi connectivity index (χ4v) is 3.03. The molecule has 0 saturated carbocycles. The number of nitrogens with zero attached hydrogens (tertiary/aromatic N) is 1. The number of aliphatic hydroxyl groups is 2. The molecule has 6 nitrogen and oxygen atoms in total. The van der Waals surface area contributed by atoms with Crippen molar-refractivity contribution < 1.29 is 19.8 Å². The highest BCUT2D eigenvalue weighted by molar-refractivity contribution is 6.26. The minimum Gasteiger partial charge on any atom is -0.384 e. The van der Waals surface area contributed by atoms with E-state index in [1.54, 1.807) is 25.1 Å². The quantitative estimate of drug-likeness (QED) is 0.587. The molecule has 2 aromatic rings. The number of carbonyl (C=O) groups is 2. The average Bonchev–Trinajstić information content (AvgIpc) is 2.56. The number of rotatable bonds is 4. The van der Waals surface area contributed by atoms with Crippen LogP contribution in [-0.4, -0.2) is 46.8 Å². The lowest BCUT2D eigenvalue weighted by Gasteiger charge is -2.26. The summed E-state index contributed by atoms with van der Waals surface area (Å²) in [5, 5.41) is 23.1. The maximum absolute atomic E-state index is 12.5. The van der Waals surface area contributed by atoms with E-state index in [-0.39, 0.29) is 17.7 Å². The van der Waals surface area contributed by atoms with Crippen LogP contribution in [0.3, 0.4) is 0 Å². The molecule has 0 aliphatic carbocycles. The van der Waals surface area contributed by atoms with E-state index in [1.807, 2.05) is 13.0 Å². The number of hydrogen-bond acceptors (Lipinski definition) is 5. The molecule has 2 aromatic carbocycles. The molecule has 0 bridgehead atoms. The van der Waals surface area contributed by atoms with Gasteiger partial charge >= 0.3 is 0 Å². The molecule has 3 rings (SSSR count). The zero-order valence-electron chi connectivity index (χ0n) is 13.8. The largest absolute Gasteiger partial charge is 0.384 e. The van der Waals surface area contributed by atoms with Crippen LogP contribution in [0.1, 0.15) is 33.2 Å². The van der Waals surface area contributed by atoms with Crippen LogP contribution in [0.25, 0.3) is 10.8 Å². The van der Waals surface area contributed by atoms with Crippen molar-refractivity contribution in [1.82, 2.24) is 4.90 Å². The second-order valence-corrected chi connectivity index (χ2v) is 6.29. The van der Waals surface area contributed by atoms with Gasteiger partial charge in [-0.15, -0.1) is 0 Å². The van der Waals surface area contributed by atoms with Gasteiger partial charge < -0.3 is 15.5 Å². The molecular formula is C18H20N2O4. The van der Waals surface area contributed by atoms with E-state index in [0.717, 1.165) is 21.5 Å². The molecule has 3 N–H and O–H groups in total. The van der Waals surface area contributed by atoms with Gasteiger partial charge in [0, 0.05) is 47.1 Å². The summed E-state index contributed by atoms with van der Waals surface area (Å²) < 4.78 is 0. The number of imide groups is 1. The van der Waals surface area contributed by atoms with Gasteiger partial charge in [0.1, 0.15) is 0 Å². The van der Waals surface area contributed by atoms with Crippen molar-refractivity contribution in [3.8, 4) is 0 Å². The molecule has 1 aliphatic rings. The predicted octanol–water partition coefficient (Wildman–Crippen LogP) is 1.73. The molecular weight excluding hydrogens is 308 g/mol. The highest BCUT2D eigenvalue weighted by atomic mass is 16.5. The Morgan fingerprint density at radius 1 is 1.17 bits per heavy atom. The van der Waals surface area contributed by atoms with Crippen molar-refractivity contribution in [3.05, 3.63) is 41.0 Å². The van der Waals surface area contributed by atoms with E-state index in [4.69, 9.17) is 0 Å². The first-order chi connectivity index (χ1) is 11.3. The van der Waals surface area contributed by atoms with Gasteiger partial charge in [0.05, 0.1) is 0 Å². The zero-order valence-corrected chi connectivity index (χ0v) is 13.8. The van der Waals surface area contributed by atoms with Crippen LogP contribution >= 0.6 is 0 Å². The number of hydrogen-bond donors (Lipinski definition) is 3. The van der Waals surface area contributed by atoms with Crippen LogP contribution in [0, 0.1) is 12.8 Å². The smallest absolute Gasteiger partial charge is 0.261 e. The Morgan fingerprint density at radius 2 is 1.83 bits per heavy atom. The molecule has 1 aliphatic heterocycles. The third kappa shape index (κ3) is 2.44. The first kappa shape index (κ1) is 16.4. The first-order valence-electron chi connectivity index (χ1n) is 7.81. The molecule has 0 fully saturated rings. The van der Waals surface area contributed by atoms with Crippen LogP contribution in [0.2, 0.25) is 0 Å². The molecule has 1 heterocycles. The van der Waals surface area contributed by atoms with E-state index in [2.05, 4.69) is 5.32 Å². The summed E-state index contributed by atoms with van der Waals surface area (Å²) >= 11 is 0. The Hall–Kier alpha value is -2.44. The Kier molecular flexibility index (Phi) is 4.03. The summed E-state index contributed by atoms with van der Waals surface area (Å²) in [6.07, 6.45) is -1.41. The molecule has 2 amide bonds. The standard InChI is InChI=1S/C18H20N2O4/c1-9-7-13-14-11(15(9)19-8-10(2)18(23)24)5-4-6-12(14)16(21)20(3)17(13)22/h4-7,10,18-19,23-24H,8H2,1-3H3. The summed E-state index contributed by atoms with van der Waals surface area (Å²) in [4.78, 5) is 26.0. The Balaban J connectivity index is 2.16. The van der Waals surface area contributed by atoms with E-state index in [0.29, 0.717) is 23.1 Å². The van der Waals surface area contributed by atoms with Gasteiger partial charge in [-0.2, -0.15) is 0 Å². The molecule has 6 heteroatoms. The summed E-state index contributed by atoms with van der Waals surface area (Å²) in [6.45, 7) is 3.97. The van der Waals surface area contributed by atoms with Crippen molar-refractivity contribution in [2.75, 3.05) is 18.9 Å². The number of nitrogens with one attached hydrogen (secondary N) is 1. The fraction of sp³-hybridized carbons (Fsp3) is 0.333. The molecule has 0 spiro atoms. The summed E-state index contributed by atoms with van der Waals surface area (Å²) in [5.41, 5.74) is 2.68. The average molecular weight is 328 g/mol. The normalized spacial score (nSPS) is 15.3. The lowest BCUT2D eigenvalue weighted by atomic mass is 9.91. The molecule has 126 valence electrons. The summed E-state index contributed by atoms with van der Waals surface area (Å²) in [6, 6.07) is 7.15. The van der Waals surface area contributed by atoms with Gasteiger partial charge in [-0.25, -0.2) is 0 Å². The Morgan fingerprint density at radius 3 is 2.50 bits per heavy atom. The number of aryl methyl sites for hydroxylation is 1. The van der Waals surface area contributed by atoms with Crippen molar-refractivity contribution in [2.45, 2.75) is 20.1 Å². The summed E-state index contributed by atoms with van der Waals surface area (Å²) in [7, 11) is 1.48. The third-order valence-corrected chi connectivity index (χ3v) is 4.54. The van der Waals surface area contributed by atoms with Crippen molar-refractivity contribution in [3.63, 3.8) is 0 Å². The van der Waals surface area contributed by atoms with E-state index in [1.165, 1.54) is 7.05 Å². The van der Waals surface area contributed by atoms with Gasteiger partial charge in [0.2, 0.25) is 0 Å². The van der Waals surface area contributed by atoms with Crippen LogP contribution in [0.15, 0.2) is 24.3 Å². The maximum atomic E-state index is 12.5. The number of carbonyl (C=O) groups excluding carboxylic acids is 2. The van der Waals surface area contributed by atoms with Gasteiger partial charge in [-0.1, -0.05) is 19.1 Å². The second kappa shape index (κ2) is 5.89. The number of aliphatic hydroxyl groups excluding tert-OH is 1. The van der Waals surface area contributed by atoms with Crippen molar-refractivity contribution >= 4 is 28.3 Å². The Bertz CT molecular complexity index is 845. The third-order valence-electron chi connectivity index (χ3n) is 4.54. The fourth-order valence-electron chi connectivity index (χ4n) is 3.03. The SMILES string of the molecule is Cc1cc2c3c(cccc3c1NCC(C)C(O)O)C(=O)N(C)C2=O. The van der Waals surface area contributed by atoms with E-state index >= 15 is 0 Å². The lowest BCUT2D eigenvalue weighted by Crippen LogP contribution is -2.37.